The average Bonchev–Trinajstić information content (AvgIpc) is 2.57. The van der Waals surface area contributed by atoms with Crippen LogP contribution in [0.4, 0.5) is 0 Å². The third-order valence-electron chi connectivity index (χ3n) is 3.93. The zero-order chi connectivity index (χ0) is 16.8. The molecule has 0 rings (SSSR count). The summed E-state index contributed by atoms with van der Waals surface area (Å²) >= 11 is 0. The Bertz CT molecular complexity index is 251. The number of aldehydes is 1. The molecule has 0 amide bonds. The van der Waals surface area contributed by atoms with E-state index in [1.165, 1.54) is 64.2 Å². The largest absolute Gasteiger partial charge is 0.475 e. The van der Waals surface area contributed by atoms with Gasteiger partial charge in [-0.05, 0) is 31.8 Å². The standard InChI is InChI=1S/C20H38O3/c1-2-3-4-12-15-18-22-20-23-19-16-13-10-8-6-5-7-9-11-14-17-21/h16-17,19H,2-15,18,20H2,1H3. The Morgan fingerprint density at radius 1 is 0.739 bits per heavy atom. The summed E-state index contributed by atoms with van der Waals surface area (Å²) in [7, 11) is 0. The van der Waals surface area contributed by atoms with Gasteiger partial charge >= 0.3 is 0 Å². The second-order valence-electron chi connectivity index (χ2n) is 6.20. The normalized spacial score (nSPS) is 11.2. The molecule has 0 aliphatic rings. The molecule has 3 heteroatoms. The van der Waals surface area contributed by atoms with E-state index in [2.05, 4.69) is 13.0 Å². The van der Waals surface area contributed by atoms with E-state index in [4.69, 9.17) is 9.47 Å². The molecular formula is C20H38O3. The molecule has 0 aromatic heterocycles. The van der Waals surface area contributed by atoms with Crippen LogP contribution in [0, 0.1) is 0 Å². The van der Waals surface area contributed by atoms with Gasteiger partial charge in [-0.15, -0.1) is 0 Å². The summed E-state index contributed by atoms with van der Waals surface area (Å²) in [5.74, 6) is 0. The van der Waals surface area contributed by atoms with Gasteiger partial charge in [0.25, 0.3) is 0 Å². The molecular weight excluding hydrogens is 288 g/mol. The van der Waals surface area contributed by atoms with Crippen molar-refractivity contribution in [3.05, 3.63) is 12.3 Å². The number of hydrogen-bond acceptors (Lipinski definition) is 3. The van der Waals surface area contributed by atoms with Crippen LogP contribution in [0.3, 0.4) is 0 Å². The summed E-state index contributed by atoms with van der Waals surface area (Å²) in [5, 5.41) is 0. The summed E-state index contributed by atoms with van der Waals surface area (Å²) in [6, 6.07) is 0. The smallest absolute Gasteiger partial charge is 0.188 e. The molecule has 0 bridgehead atoms. The molecule has 136 valence electrons. The number of unbranched alkanes of at least 4 members (excludes halogenated alkanes) is 12. The van der Waals surface area contributed by atoms with Gasteiger partial charge in [0.2, 0.25) is 0 Å². The summed E-state index contributed by atoms with van der Waals surface area (Å²) < 4.78 is 10.7. The Kier molecular flexibility index (Phi) is 20.4. The number of allylic oxidation sites excluding steroid dienone is 1. The van der Waals surface area contributed by atoms with Crippen LogP contribution in [0.25, 0.3) is 0 Å². The van der Waals surface area contributed by atoms with Crippen molar-refractivity contribution in [3.8, 4) is 0 Å². The lowest BCUT2D eigenvalue weighted by atomic mass is 10.1. The first-order chi connectivity index (χ1) is 11.4. The maximum absolute atomic E-state index is 10.2. The lowest BCUT2D eigenvalue weighted by molar-refractivity contribution is -0.107. The van der Waals surface area contributed by atoms with E-state index in [1.54, 1.807) is 6.26 Å². The molecule has 0 heterocycles. The number of carbonyl (C=O) groups is 1. The van der Waals surface area contributed by atoms with E-state index >= 15 is 0 Å². The fourth-order valence-electron chi connectivity index (χ4n) is 2.46. The lowest BCUT2D eigenvalue weighted by Crippen LogP contribution is -1.97. The van der Waals surface area contributed by atoms with Gasteiger partial charge in [-0.1, -0.05) is 64.7 Å². The van der Waals surface area contributed by atoms with Crippen LogP contribution in [0.5, 0.6) is 0 Å². The quantitative estimate of drug-likeness (QED) is 0.123. The Morgan fingerprint density at radius 3 is 2.04 bits per heavy atom. The van der Waals surface area contributed by atoms with Crippen LogP contribution in [0.1, 0.15) is 96.8 Å². The van der Waals surface area contributed by atoms with Crippen LogP contribution in [0.15, 0.2) is 12.3 Å². The molecule has 0 aromatic carbocycles. The highest BCUT2D eigenvalue weighted by Gasteiger charge is 1.92. The third kappa shape index (κ3) is 21.2. The molecule has 0 aromatic rings. The highest BCUT2D eigenvalue weighted by molar-refractivity contribution is 5.48. The third-order valence-corrected chi connectivity index (χ3v) is 3.93. The molecule has 0 saturated heterocycles. The maximum Gasteiger partial charge on any atom is 0.188 e. The van der Waals surface area contributed by atoms with Gasteiger partial charge in [-0.2, -0.15) is 0 Å². The van der Waals surface area contributed by atoms with E-state index in [-0.39, 0.29) is 0 Å². The van der Waals surface area contributed by atoms with Crippen molar-refractivity contribution in [2.45, 2.75) is 96.8 Å². The van der Waals surface area contributed by atoms with Crippen LogP contribution < -0.4 is 0 Å². The van der Waals surface area contributed by atoms with E-state index in [9.17, 15) is 4.79 Å². The first-order valence-corrected chi connectivity index (χ1v) is 9.69. The lowest BCUT2D eigenvalue weighted by Gasteiger charge is -2.03. The van der Waals surface area contributed by atoms with Gasteiger partial charge in [0.15, 0.2) is 6.79 Å². The second-order valence-corrected chi connectivity index (χ2v) is 6.20. The van der Waals surface area contributed by atoms with Crippen LogP contribution in [-0.2, 0) is 14.3 Å². The fraction of sp³-hybridized carbons (Fsp3) is 0.850. The minimum Gasteiger partial charge on any atom is -0.475 e. The van der Waals surface area contributed by atoms with E-state index in [0.29, 0.717) is 6.79 Å². The first kappa shape index (κ1) is 22.2. The zero-order valence-electron chi connectivity index (χ0n) is 15.3. The van der Waals surface area contributed by atoms with Crippen molar-refractivity contribution in [2.24, 2.45) is 0 Å². The van der Waals surface area contributed by atoms with E-state index < -0.39 is 0 Å². The molecule has 0 N–H and O–H groups in total. The minimum atomic E-state index is 0.380. The highest BCUT2D eigenvalue weighted by atomic mass is 16.7. The van der Waals surface area contributed by atoms with Gasteiger partial charge < -0.3 is 14.3 Å². The van der Waals surface area contributed by atoms with Crippen molar-refractivity contribution >= 4 is 6.29 Å². The predicted molar refractivity (Wildman–Crippen MR) is 97.4 cm³/mol. The Hall–Kier alpha value is -0.830. The Morgan fingerprint density at radius 2 is 1.35 bits per heavy atom. The molecule has 23 heavy (non-hydrogen) atoms. The molecule has 3 nitrogen and oxygen atoms in total. The van der Waals surface area contributed by atoms with Crippen LogP contribution in [0.2, 0.25) is 0 Å². The highest BCUT2D eigenvalue weighted by Crippen LogP contribution is 2.09. The molecule has 0 radical (unpaired) electrons. The SMILES string of the molecule is CCCCCCCOCOC=CCCCCCCCCCC=O. The molecule has 0 unspecified atom stereocenters. The van der Waals surface area contributed by atoms with Crippen molar-refractivity contribution in [1.29, 1.82) is 0 Å². The molecule has 0 fully saturated rings. The predicted octanol–water partition coefficient (Wildman–Crippen LogP) is 6.17. The summed E-state index contributed by atoms with van der Waals surface area (Å²) in [5.41, 5.74) is 0. The average molecular weight is 327 g/mol. The summed E-state index contributed by atoms with van der Waals surface area (Å²) in [4.78, 5) is 10.2. The van der Waals surface area contributed by atoms with Crippen LogP contribution >= 0.6 is 0 Å². The second kappa shape index (κ2) is 21.2. The number of carbonyl (C=O) groups excluding carboxylic acids is 1. The van der Waals surface area contributed by atoms with Gasteiger partial charge in [0.05, 0.1) is 12.9 Å². The first-order valence-electron chi connectivity index (χ1n) is 9.69. The van der Waals surface area contributed by atoms with Gasteiger partial charge in [-0.25, -0.2) is 0 Å². The van der Waals surface area contributed by atoms with Crippen molar-refractivity contribution in [1.82, 2.24) is 0 Å². The van der Waals surface area contributed by atoms with Crippen molar-refractivity contribution < 1.29 is 14.3 Å². The molecule has 0 aliphatic heterocycles. The van der Waals surface area contributed by atoms with Gasteiger partial charge in [0.1, 0.15) is 6.29 Å². The van der Waals surface area contributed by atoms with E-state index in [0.717, 1.165) is 38.6 Å². The molecule has 0 spiro atoms. The number of hydrogen-bond donors (Lipinski definition) is 0. The van der Waals surface area contributed by atoms with Gasteiger partial charge in [0, 0.05) is 6.42 Å². The number of rotatable bonds is 19. The monoisotopic (exact) mass is 326 g/mol. The molecule has 0 saturated carbocycles. The van der Waals surface area contributed by atoms with Crippen LogP contribution in [-0.4, -0.2) is 19.7 Å². The van der Waals surface area contributed by atoms with Crippen molar-refractivity contribution in [2.75, 3.05) is 13.4 Å². The zero-order valence-corrected chi connectivity index (χ0v) is 15.3. The van der Waals surface area contributed by atoms with Gasteiger partial charge in [-0.3, -0.25) is 0 Å². The maximum atomic E-state index is 10.2. The summed E-state index contributed by atoms with van der Waals surface area (Å²) in [6.45, 7) is 3.42. The molecule has 0 atom stereocenters. The fourth-order valence-corrected chi connectivity index (χ4v) is 2.46. The molecule has 0 aliphatic carbocycles. The topological polar surface area (TPSA) is 35.5 Å². The minimum absolute atomic E-state index is 0.380. The Balaban J connectivity index is 3.04. The van der Waals surface area contributed by atoms with Crippen molar-refractivity contribution in [3.63, 3.8) is 0 Å². The number of ether oxygens (including phenoxy) is 2. The Labute approximate surface area is 143 Å². The van der Waals surface area contributed by atoms with E-state index in [1.807, 2.05) is 0 Å². The summed E-state index contributed by atoms with van der Waals surface area (Å²) in [6.07, 6.45) is 21.7.